The summed E-state index contributed by atoms with van der Waals surface area (Å²) < 4.78 is 10.7. The maximum atomic E-state index is 12.4. The minimum Gasteiger partial charge on any atom is -0.464 e. The van der Waals surface area contributed by atoms with Gasteiger partial charge in [-0.15, -0.1) is 0 Å². The number of aromatic nitrogens is 2. The van der Waals surface area contributed by atoms with Gasteiger partial charge in [-0.1, -0.05) is 18.8 Å². The lowest BCUT2D eigenvalue weighted by Gasteiger charge is -2.28. The predicted octanol–water partition coefficient (Wildman–Crippen LogP) is 5.29. The van der Waals surface area contributed by atoms with Gasteiger partial charge in [0, 0.05) is 37.6 Å². The lowest BCUT2D eigenvalue weighted by Crippen LogP contribution is -2.47. The molecule has 0 radical (unpaired) electrons. The Balaban J connectivity index is 1.52. The summed E-state index contributed by atoms with van der Waals surface area (Å²) in [6.07, 6.45) is 5.01. The number of hydrogen-bond acceptors (Lipinski definition) is 8. The molecule has 0 aliphatic carbocycles. The van der Waals surface area contributed by atoms with Crippen LogP contribution in [0.5, 0.6) is 0 Å². The molecule has 0 saturated heterocycles. The molecular weight excluding hydrogens is 496 g/mol. The summed E-state index contributed by atoms with van der Waals surface area (Å²) in [5.74, 6) is 7.17. The number of anilines is 3. The van der Waals surface area contributed by atoms with Gasteiger partial charge in [0.25, 0.3) is 0 Å². The van der Waals surface area contributed by atoms with Gasteiger partial charge in [-0.3, -0.25) is 9.69 Å². The highest BCUT2D eigenvalue weighted by molar-refractivity contribution is 5.85. The Morgan fingerprint density at radius 3 is 2.74 bits per heavy atom. The molecule has 0 bridgehead atoms. The molecule has 1 atom stereocenters. The SMILES string of the molecule is CCCNc1nc(Nc2ccc3occc3c2)ncc1C#CCCCNC(=O)[C@H](C)N(C)C(=O)OC(C)(C)C. The average molecular weight is 535 g/mol. The van der Waals surface area contributed by atoms with Crippen LogP contribution in [0.15, 0.2) is 41.1 Å². The summed E-state index contributed by atoms with van der Waals surface area (Å²) in [5, 5.41) is 10.4. The summed E-state index contributed by atoms with van der Waals surface area (Å²) in [4.78, 5) is 35.0. The minimum atomic E-state index is -0.649. The topological polar surface area (TPSA) is 122 Å². The van der Waals surface area contributed by atoms with Crippen molar-refractivity contribution in [2.75, 3.05) is 30.8 Å². The smallest absolute Gasteiger partial charge is 0.410 e. The molecule has 2 amide bonds. The lowest BCUT2D eigenvalue weighted by atomic mass is 10.2. The van der Waals surface area contributed by atoms with E-state index in [9.17, 15) is 9.59 Å². The molecule has 1 aromatic carbocycles. The molecule has 3 rings (SSSR count). The van der Waals surface area contributed by atoms with Crippen LogP contribution in [-0.4, -0.2) is 58.6 Å². The number of fused-ring (bicyclic) bond motifs is 1. The molecule has 0 fully saturated rings. The fourth-order valence-corrected chi connectivity index (χ4v) is 3.45. The van der Waals surface area contributed by atoms with Crippen molar-refractivity contribution in [1.29, 1.82) is 0 Å². The third-order valence-corrected chi connectivity index (χ3v) is 5.68. The van der Waals surface area contributed by atoms with Crippen molar-refractivity contribution in [3.8, 4) is 11.8 Å². The summed E-state index contributed by atoms with van der Waals surface area (Å²) >= 11 is 0. The van der Waals surface area contributed by atoms with Gasteiger partial charge in [0.15, 0.2) is 0 Å². The van der Waals surface area contributed by atoms with Crippen molar-refractivity contribution in [3.63, 3.8) is 0 Å². The van der Waals surface area contributed by atoms with Gasteiger partial charge in [0.2, 0.25) is 11.9 Å². The number of likely N-dealkylation sites (N-methyl/N-ethyl adjacent to an activating group) is 1. The molecule has 0 unspecified atom stereocenters. The van der Waals surface area contributed by atoms with Crippen molar-refractivity contribution in [2.24, 2.45) is 0 Å². The van der Waals surface area contributed by atoms with Gasteiger partial charge >= 0.3 is 6.09 Å². The van der Waals surface area contributed by atoms with E-state index in [-0.39, 0.29) is 5.91 Å². The van der Waals surface area contributed by atoms with E-state index in [0.29, 0.717) is 36.7 Å². The maximum Gasteiger partial charge on any atom is 0.410 e. The minimum absolute atomic E-state index is 0.245. The van der Waals surface area contributed by atoms with Gasteiger partial charge in [-0.05, 0) is 64.8 Å². The van der Waals surface area contributed by atoms with Gasteiger partial charge in [-0.25, -0.2) is 9.78 Å². The van der Waals surface area contributed by atoms with Crippen LogP contribution in [-0.2, 0) is 9.53 Å². The van der Waals surface area contributed by atoms with Crippen LogP contribution in [0.2, 0.25) is 0 Å². The molecule has 3 aromatic rings. The van der Waals surface area contributed by atoms with Gasteiger partial charge < -0.3 is 25.1 Å². The maximum absolute atomic E-state index is 12.4. The largest absolute Gasteiger partial charge is 0.464 e. The summed E-state index contributed by atoms with van der Waals surface area (Å²) in [7, 11) is 1.55. The quantitative estimate of drug-likeness (QED) is 0.237. The second-order valence-corrected chi connectivity index (χ2v) is 10.1. The van der Waals surface area contributed by atoms with Crippen molar-refractivity contribution in [3.05, 3.63) is 42.3 Å². The fraction of sp³-hybridized carbons (Fsp3) is 0.448. The Morgan fingerprint density at radius 1 is 1.21 bits per heavy atom. The second-order valence-electron chi connectivity index (χ2n) is 10.1. The molecule has 2 heterocycles. The average Bonchev–Trinajstić information content (AvgIpc) is 3.36. The first kappa shape index (κ1) is 29.3. The van der Waals surface area contributed by atoms with Crippen LogP contribution in [0.25, 0.3) is 11.0 Å². The van der Waals surface area contributed by atoms with Crippen LogP contribution in [0.1, 0.15) is 59.4 Å². The molecule has 10 nitrogen and oxygen atoms in total. The predicted molar refractivity (Wildman–Crippen MR) is 153 cm³/mol. The highest BCUT2D eigenvalue weighted by atomic mass is 16.6. The molecular formula is C29H38N6O4. The Bertz CT molecular complexity index is 1330. The molecule has 0 saturated carbocycles. The van der Waals surface area contributed by atoms with Crippen molar-refractivity contribution < 1.29 is 18.7 Å². The van der Waals surface area contributed by atoms with Crippen LogP contribution >= 0.6 is 0 Å². The number of unbranched alkanes of at least 4 members (excludes halogenated alkanes) is 1. The number of nitrogens with zero attached hydrogens (tertiary/aromatic N) is 3. The number of furan rings is 1. The van der Waals surface area contributed by atoms with Crippen LogP contribution < -0.4 is 16.0 Å². The van der Waals surface area contributed by atoms with Crippen LogP contribution in [0.4, 0.5) is 22.2 Å². The first-order valence-corrected chi connectivity index (χ1v) is 13.1. The first-order valence-electron chi connectivity index (χ1n) is 13.1. The van der Waals surface area contributed by atoms with E-state index in [2.05, 4.69) is 44.7 Å². The Hall–Kier alpha value is -4.26. The number of ether oxygens (including phenoxy) is 1. The summed E-state index contributed by atoms with van der Waals surface area (Å²) in [6, 6.07) is 7.05. The van der Waals surface area contributed by atoms with E-state index in [4.69, 9.17) is 9.15 Å². The lowest BCUT2D eigenvalue weighted by molar-refractivity contribution is -0.125. The second kappa shape index (κ2) is 13.5. The third kappa shape index (κ3) is 8.92. The number of rotatable bonds is 10. The number of carbonyl (C=O) groups excluding carboxylic acids is 2. The highest BCUT2D eigenvalue weighted by Gasteiger charge is 2.26. The zero-order valence-corrected chi connectivity index (χ0v) is 23.6. The number of nitrogens with one attached hydrogen (secondary N) is 3. The third-order valence-electron chi connectivity index (χ3n) is 5.68. The Morgan fingerprint density at radius 2 is 2.00 bits per heavy atom. The number of carbonyl (C=O) groups is 2. The van der Waals surface area contributed by atoms with Crippen molar-refractivity contribution >= 4 is 40.4 Å². The highest BCUT2D eigenvalue weighted by Crippen LogP contribution is 2.23. The molecule has 0 aliphatic rings. The van der Waals surface area contributed by atoms with Crippen molar-refractivity contribution in [1.82, 2.24) is 20.2 Å². The van der Waals surface area contributed by atoms with E-state index >= 15 is 0 Å². The zero-order chi connectivity index (χ0) is 28.4. The fourth-order valence-electron chi connectivity index (χ4n) is 3.45. The van der Waals surface area contributed by atoms with E-state index < -0.39 is 17.7 Å². The van der Waals surface area contributed by atoms with Gasteiger partial charge in [0.05, 0.1) is 18.0 Å². The number of amides is 2. The van der Waals surface area contributed by atoms with Crippen molar-refractivity contribution in [2.45, 2.75) is 65.5 Å². The Labute approximate surface area is 229 Å². The molecule has 208 valence electrons. The molecule has 0 aliphatic heterocycles. The molecule has 3 N–H and O–H groups in total. The summed E-state index contributed by atoms with van der Waals surface area (Å²) in [5.41, 5.74) is 1.76. The number of hydrogen-bond donors (Lipinski definition) is 3. The monoisotopic (exact) mass is 534 g/mol. The van der Waals surface area contributed by atoms with Crippen LogP contribution in [0, 0.1) is 11.8 Å². The van der Waals surface area contributed by atoms with Gasteiger partial charge in [0.1, 0.15) is 23.0 Å². The van der Waals surface area contributed by atoms with E-state index in [0.717, 1.165) is 29.6 Å². The van der Waals surface area contributed by atoms with Gasteiger partial charge in [-0.2, -0.15) is 4.98 Å². The standard InChI is InChI=1S/C29H38N6O4/c1-7-15-30-25-22(19-32-27(34-25)33-23-12-13-24-21(18-23)14-17-38-24)11-9-8-10-16-31-26(36)20(2)35(6)28(37)39-29(3,4)5/h12-14,17-20H,7-8,10,15-16H2,1-6H3,(H,31,36)(H2,30,32,33,34)/t20-/m0/s1. The van der Waals surface area contributed by atoms with E-state index in [1.54, 1.807) is 47.2 Å². The van der Waals surface area contributed by atoms with E-state index in [1.165, 1.54) is 4.90 Å². The first-order chi connectivity index (χ1) is 18.6. The molecule has 0 spiro atoms. The molecule has 10 heteroatoms. The number of benzene rings is 1. The van der Waals surface area contributed by atoms with Crippen LogP contribution in [0.3, 0.4) is 0 Å². The summed E-state index contributed by atoms with van der Waals surface area (Å²) in [6.45, 7) is 10.3. The zero-order valence-electron chi connectivity index (χ0n) is 23.6. The molecule has 2 aromatic heterocycles. The molecule has 39 heavy (non-hydrogen) atoms. The Kier molecular flexibility index (Phi) is 10.1. The normalized spacial score (nSPS) is 11.7. The van der Waals surface area contributed by atoms with E-state index in [1.807, 2.05) is 24.3 Å².